The Morgan fingerprint density at radius 2 is 1.77 bits per heavy atom. The fourth-order valence-corrected chi connectivity index (χ4v) is 4.04. The van der Waals surface area contributed by atoms with Gasteiger partial charge in [-0.25, -0.2) is 4.98 Å². The van der Waals surface area contributed by atoms with Crippen LogP contribution in [0.4, 0.5) is 24.7 Å². The van der Waals surface area contributed by atoms with Crippen LogP contribution in [0.25, 0.3) is 11.3 Å². The molecule has 10 nitrogen and oxygen atoms in total. The fraction of sp³-hybridized carbons (Fsp3) is 0.200. The average Bonchev–Trinajstić information content (AvgIpc) is 2.96. The zero-order valence-electron chi connectivity index (χ0n) is 23.4. The van der Waals surface area contributed by atoms with Crippen LogP contribution in [-0.4, -0.2) is 27.3 Å². The number of amides is 1. The van der Waals surface area contributed by atoms with E-state index in [1.807, 2.05) is 6.07 Å². The molecule has 1 heterocycles. The topological polar surface area (TPSA) is 150 Å². The van der Waals surface area contributed by atoms with Crippen molar-refractivity contribution < 1.29 is 22.8 Å². The first kappa shape index (κ1) is 30.6. The van der Waals surface area contributed by atoms with Crippen LogP contribution in [-0.2, 0) is 24.1 Å². The summed E-state index contributed by atoms with van der Waals surface area (Å²) < 4.78 is 41.5. The molecule has 13 heteroatoms. The van der Waals surface area contributed by atoms with Crippen LogP contribution in [0.1, 0.15) is 30.5 Å². The summed E-state index contributed by atoms with van der Waals surface area (Å²) in [4.78, 5) is 35.7. The molecule has 43 heavy (non-hydrogen) atoms. The summed E-state index contributed by atoms with van der Waals surface area (Å²) in [6.45, 7) is 3.22. The van der Waals surface area contributed by atoms with Gasteiger partial charge in [0.15, 0.2) is 17.4 Å². The van der Waals surface area contributed by atoms with Gasteiger partial charge in [0.1, 0.15) is 6.54 Å². The van der Waals surface area contributed by atoms with Crippen LogP contribution in [0, 0.1) is 0 Å². The third kappa shape index (κ3) is 8.12. The molecule has 0 bridgehead atoms. The molecule has 6 N–H and O–H groups in total. The SMILES string of the molecule is CC(C)Nc1ncc(-c2cc(N)cc(C(F)(F)F)c2)n(CC(=O)NCc2ccc(/C(N)=N/Oc3ccccc3)cc2)c1=O. The van der Waals surface area contributed by atoms with Crippen LogP contribution < -0.4 is 32.5 Å². The lowest BCUT2D eigenvalue weighted by molar-refractivity contribution is -0.137. The van der Waals surface area contributed by atoms with Gasteiger partial charge in [-0.05, 0) is 49.7 Å². The van der Waals surface area contributed by atoms with Crippen molar-refractivity contribution in [1.82, 2.24) is 14.9 Å². The van der Waals surface area contributed by atoms with E-state index in [4.69, 9.17) is 16.3 Å². The molecule has 3 aromatic carbocycles. The van der Waals surface area contributed by atoms with Gasteiger partial charge in [0.25, 0.3) is 5.56 Å². The first-order chi connectivity index (χ1) is 20.4. The number of nitrogens with zero attached hydrogens (tertiary/aromatic N) is 3. The molecule has 0 unspecified atom stereocenters. The number of hydrogen-bond acceptors (Lipinski definition) is 7. The standard InChI is InChI=1S/C30H30F3N7O3/c1-18(2)38-28-29(42)40(25(16-37-28)21-12-22(30(31,32)33)14-23(34)13-21)17-26(41)36-15-19-8-10-20(11-9-19)27(35)39-43-24-6-4-3-5-7-24/h3-14,16,18H,15,17,34H2,1-2H3,(H2,35,39)(H,36,41)(H,37,38). The molecule has 0 aliphatic heterocycles. The maximum atomic E-state index is 13.5. The van der Waals surface area contributed by atoms with Crippen LogP contribution in [0.15, 0.2) is 88.9 Å². The lowest BCUT2D eigenvalue weighted by atomic mass is 10.1. The van der Waals surface area contributed by atoms with Gasteiger partial charge in [0.2, 0.25) is 5.91 Å². The second-order valence-electron chi connectivity index (χ2n) is 9.88. The number of nitrogens with two attached hydrogens (primary N) is 2. The maximum Gasteiger partial charge on any atom is 0.416 e. The number of oxime groups is 1. The van der Waals surface area contributed by atoms with E-state index in [0.29, 0.717) is 11.3 Å². The molecule has 0 aliphatic carbocycles. The Kier molecular flexibility index (Phi) is 9.33. The maximum absolute atomic E-state index is 13.5. The number of hydrogen-bond donors (Lipinski definition) is 4. The van der Waals surface area contributed by atoms with Gasteiger partial charge in [0.05, 0.1) is 17.5 Å². The summed E-state index contributed by atoms with van der Waals surface area (Å²) in [5, 5.41) is 9.54. The number of para-hydroxylation sites is 1. The second-order valence-corrected chi connectivity index (χ2v) is 9.88. The van der Waals surface area contributed by atoms with E-state index in [-0.39, 0.29) is 41.2 Å². The first-order valence-corrected chi connectivity index (χ1v) is 13.2. The molecule has 0 radical (unpaired) electrons. The van der Waals surface area contributed by atoms with Crippen LogP contribution in [0.2, 0.25) is 0 Å². The predicted octanol–water partition coefficient (Wildman–Crippen LogP) is 4.35. The van der Waals surface area contributed by atoms with Gasteiger partial charge in [-0.3, -0.25) is 14.2 Å². The number of aromatic nitrogens is 2. The highest BCUT2D eigenvalue weighted by Gasteiger charge is 2.31. The largest absolute Gasteiger partial charge is 0.416 e. The highest BCUT2D eigenvalue weighted by Crippen LogP contribution is 2.34. The van der Waals surface area contributed by atoms with E-state index < -0.39 is 29.8 Å². The van der Waals surface area contributed by atoms with Crippen molar-refractivity contribution in [1.29, 1.82) is 0 Å². The number of nitrogens with one attached hydrogen (secondary N) is 2. The molecule has 0 aliphatic rings. The molecular weight excluding hydrogens is 563 g/mol. The number of rotatable bonds is 10. The molecule has 4 aromatic rings. The van der Waals surface area contributed by atoms with Gasteiger partial charge in [0, 0.05) is 29.4 Å². The van der Waals surface area contributed by atoms with Crippen LogP contribution >= 0.6 is 0 Å². The number of carbonyl (C=O) groups is 1. The average molecular weight is 594 g/mol. The van der Waals surface area contributed by atoms with E-state index in [9.17, 15) is 22.8 Å². The number of nitrogen functional groups attached to an aromatic ring is 1. The predicted molar refractivity (Wildman–Crippen MR) is 158 cm³/mol. The minimum Gasteiger partial charge on any atom is -0.399 e. The monoisotopic (exact) mass is 593 g/mol. The molecule has 0 saturated carbocycles. The molecular formula is C30H30F3N7O3. The quantitative estimate of drug-likeness (QED) is 0.0924. The van der Waals surface area contributed by atoms with E-state index in [2.05, 4.69) is 20.8 Å². The molecule has 1 aromatic heterocycles. The number of alkyl halides is 3. The van der Waals surface area contributed by atoms with Crippen molar-refractivity contribution in [2.45, 2.75) is 39.2 Å². The summed E-state index contributed by atoms with van der Waals surface area (Å²) in [5.74, 6) is 0.0962. The zero-order valence-corrected chi connectivity index (χ0v) is 23.4. The van der Waals surface area contributed by atoms with E-state index in [1.165, 1.54) is 12.3 Å². The molecule has 1 amide bonds. The van der Waals surface area contributed by atoms with Gasteiger partial charge in [-0.15, -0.1) is 0 Å². The molecule has 0 spiro atoms. The Labute approximate surface area is 245 Å². The summed E-state index contributed by atoms with van der Waals surface area (Å²) in [6.07, 6.45) is -3.43. The molecule has 4 rings (SSSR count). The number of anilines is 2. The normalized spacial score (nSPS) is 11.8. The van der Waals surface area contributed by atoms with Crippen molar-refractivity contribution in [2.24, 2.45) is 10.9 Å². The Hall–Kier alpha value is -5.33. The Morgan fingerprint density at radius 1 is 1.07 bits per heavy atom. The lowest BCUT2D eigenvalue weighted by Crippen LogP contribution is -2.35. The van der Waals surface area contributed by atoms with Crippen molar-refractivity contribution in [3.8, 4) is 17.0 Å². The number of benzene rings is 3. The number of amidine groups is 1. The summed E-state index contributed by atoms with van der Waals surface area (Å²) in [6, 6.07) is 18.6. The smallest absolute Gasteiger partial charge is 0.399 e. The van der Waals surface area contributed by atoms with Crippen molar-refractivity contribution in [3.63, 3.8) is 0 Å². The molecule has 0 atom stereocenters. The van der Waals surface area contributed by atoms with Gasteiger partial charge in [-0.1, -0.05) is 47.6 Å². The van der Waals surface area contributed by atoms with Gasteiger partial charge < -0.3 is 26.9 Å². The third-order valence-electron chi connectivity index (χ3n) is 6.09. The van der Waals surface area contributed by atoms with Crippen molar-refractivity contribution >= 4 is 23.2 Å². The summed E-state index contributed by atoms with van der Waals surface area (Å²) >= 11 is 0. The highest BCUT2D eigenvalue weighted by atomic mass is 19.4. The van der Waals surface area contributed by atoms with Gasteiger partial charge in [-0.2, -0.15) is 13.2 Å². The number of carbonyl (C=O) groups excluding carboxylic acids is 1. The second kappa shape index (κ2) is 13.1. The van der Waals surface area contributed by atoms with E-state index in [1.54, 1.807) is 62.4 Å². The molecule has 0 saturated heterocycles. The fourth-order valence-electron chi connectivity index (χ4n) is 4.04. The third-order valence-corrected chi connectivity index (χ3v) is 6.09. The number of halogens is 3. The van der Waals surface area contributed by atoms with E-state index in [0.717, 1.165) is 22.3 Å². The van der Waals surface area contributed by atoms with Gasteiger partial charge >= 0.3 is 6.18 Å². The van der Waals surface area contributed by atoms with Crippen LogP contribution in [0.3, 0.4) is 0 Å². The Bertz CT molecular complexity index is 1670. The highest BCUT2D eigenvalue weighted by molar-refractivity contribution is 5.97. The van der Waals surface area contributed by atoms with E-state index >= 15 is 0 Å². The minimum atomic E-state index is -4.67. The van der Waals surface area contributed by atoms with Crippen molar-refractivity contribution in [2.75, 3.05) is 11.1 Å². The molecule has 224 valence electrons. The molecule has 0 fully saturated rings. The van der Waals surface area contributed by atoms with Crippen LogP contribution in [0.5, 0.6) is 5.75 Å². The zero-order chi connectivity index (χ0) is 31.1. The minimum absolute atomic E-state index is 0.00379. The van der Waals surface area contributed by atoms with Crippen molar-refractivity contribution in [3.05, 3.63) is 106 Å². The lowest BCUT2D eigenvalue weighted by Gasteiger charge is -2.17. The summed E-state index contributed by atoms with van der Waals surface area (Å²) in [7, 11) is 0. The Morgan fingerprint density at radius 3 is 2.42 bits per heavy atom. The summed E-state index contributed by atoms with van der Waals surface area (Å²) in [5.41, 5.74) is 11.3. The Balaban J connectivity index is 1.51. The first-order valence-electron chi connectivity index (χ1n) is 13.2.